The van der Waals surface area contributed by atoms with Crippen molar-refractivity contribution in [3.8, 4) is 0 Å². The van der Waals surface area contributed by atoms with Gasteiger partial charge in [-0.05, 0) is 7.05 Å². The Morgan fingerprint density at radius 3 is 0.684 bits per heavy atom. The maximum atomic E-state index is 12.7. The zero-order chi connectivity index (χ0) is 58.8. The van der Waals surface area contributed by atoms with Crippen LogP contribution >= 0.6 is 0 Å². The summed E-state index contributed by atoms with van der Waals surface area (Å²) in [4.78, 5) is 150. The van der Waals surface area contributed by atoms with Crippen LogP contribution in [0, 0.1) is 0 Å². The molecule has 0 aromatic heterocycles. The number of rotatable bonds is 25. The molecule has 3 heterocycles. The summed E-state index contributed by atoms with van der Waals surface area (Å²) in [6.45, 7) is 7.74. The smallest absolute Gasteiger partial charge is 0.303 e. The summed E-state index contributed by atoms with van der Waals surface area (Å²) in [5, 5.41) is 2.95. The number of nitrogens with one attached hydrogen (secondary N) is 1. The first kappa shape index (κ1) is 68.5. The zero-order valence-corrected chi connectivity index (χ0v) is 45.2. The molecule has 31 heteroatoms. The van der Waals surface area contributed by atoms with Crippen molar-refractivity contribution >= 4 is 71.6 Å². The van der Waals surface area contributed by atoms with E-state index in [2.05, 4.69) is 5.32 Å². The normalized spacial score (nSPS) is 28.9. The average molecular weight is 1140 g/mol. The van der Waals surface area contributed by atoms with E-state index in [4.69, 9.17) is 85.3 Å². The van der Waals surface area contributed by atoms with Crippen LogP contribution in [0.1, 0.15) is 90.5 Å². The van der Waals surface area contributed by atoms with Gasteiger partial charge in [-0.2, -0.15) is 0 Å². The van der Waals surface area contributed by atoms with Crippen molar-refractivity contribution in [1.82, 2.24) is 5.32 Å². The van der Waals surface area contributed by atoms with Crippen molar-refractivity contribution in [1.29, 1.82) is 0 Å². The van der Waals surface area contributed by atoms with Crippen LogP contribution in [0.2, 0.25) is 0 Å². The SMILES string of the molecule is C.CNC(COC1OC(COC(C)=O)C(OC(C)=O)C(OC(C)=O)C1OC(C)=O)(COC1OC(COC(C)=O)C(OC(C)=O)C(OC(C)=O)C1OC(C)=O)COC1OC(COC(C)=O)C(OC(C)=O)C(OC(C)=O)C1OC(C)=O. The van der Waals surface area contributed by atoms with Crippen LogP contribution in [0.3, 0.4) is 0 Å². The number of carbonyl (C=O) groups excluding carboxylic acids is 12. The Morgan fingerprint density at radius 2 is 0.506 bits per heavy atom. The predicted octanol–water partition coefficient (Wildman–Crippen LogP) is -1.12. The first-order valence-corrected chi connectivity index (χ1v) is 23.9. The van der Waals surface area contributed by atoms with Crippen LogP contribution in [-0.2, 0) is 143 Å². The molecular weight excluding hydrogens is 1070 g/mol. The molecule has 3 aliphatic heterocycles. The van der Waals surface area contributed by atoms with E-state index in [-0.39, 0.29) is 7.43 Å². The molecule has 0 aliphatic carbocycles. The molecule has 0 aromatic carbocycles. The molecular formula is C48H71NO30. The van der Waals surface area contributed by atoms with E-state index in [0.29, 0.717) is 0 Å². The van der Waals surface area contributed by atoms with E-state index < -0.39 is 209 Å². The van der Waals surface area contributed by atoms with E-state index in [1.165, 1.54) is 7.05 Å². The third kappa shape index (κ3) is 21.8. The van der Waals surface area contributed by atoms with Gasteiger partial charge in [-0.25, -0.2) is 0 Å². The fraction of sp³-hybridized carbons (Fsp3) is 0.750. The second-order valence-electron chi connectivity index (χ2n) is 17.7. The number of ether oxygens (including phenoxy) is 18. The van der Waals surface area contributed by atoms with E-state index in [0.717, 1.165) is 83.1 Å². The summed E-state index contributed by atoms with van der Waals surface area (Å²) in [6, 6.07) is 0. The summed E-state index contributed by atoms with van der Waals surface area (Å²) in [5.41, 5.74) is -1.96. The van der Waals surface area contributed by atoms with Crippen molar-refractivity contribution in [2.75, 3.05) is 46.7 Å². The Morgan fingerprint density at radius 1 is 0.316 bits per heavy atom. The van der Waals surface area contributed by atoms with Crippen LogP contribution in [0.15, 0.2) is 0 Å². The molecule has 0 radical (unpaired) electrons. The van der Waals surface area contributed by atoms with Crippen LogP contribution < -0.4 is 5.32 Å². The highest BCUT2D eigenvalue weighted by Crippen LogP contribution is 2.35. The molecule has 0 saturated carbocycles. The molecule has 3 saturated heterocycles. The topological polar surface area (TPSA) is 383 Å². The zero-order valence-electron chi connectivity index (χ0n) is 45.2. The highest BCUT2D eigenvalue weighted by molar-refractivity contribution is 5.71. The van der Waals surface area contributed by atoms with Crippen molar-refractivity contribution in [2.45, 2.75) is 188 Å². The van der Waals surface area contributed by atoms with E-state index in [9.17, 15) is 57.5 Å². The second-order valence-corrected chi connectivity index (χ2v) is 17.7. The lowest BCUT2D eigenvalue weighted by Crippen LogP contribution is -2.66. The van der Waals surface area contributed by atoms with Crippen molar-refractivity contribution < 1.29 is 143 Å². The summed E-state index contributed by atoms with van der Waals surface area (Å²) >= 11 is 0. The standard InChI is InChI=1S/C47H67NO30.CH4/c1-20(49)61-14-32-35(67-23(4)52)38(70-26(7)55)41(73-29(10)58)44(76-32)64-17-47(48-13,18-65-45-42(74-30(11)59)39(71-27(8)56)36(68-24(5)53)33(77-45)15-62-21(2)50)19-66-46-43(75-31(12)60)40(72-28(9)57)37(69-25(6)54)34(78-46)16-63-22(3)51;/h32-46,48H,14-19H2,1-13H3;1H4. The van der Waals surface area contributed by atoms with Gasteiger partial charge >= 0.3 is 71.6 Å². The number of hydrogen-bond acceptors (Lipinski definition) is 31. The molecule has 3 rings (SSSR count). The molecule has 3 aliphatic rings. The monoisotopic (exact) mass is 1140 g/mol. The minimum absolute atomic E-state index is 0. The lowest BCUT2D eigenvalue weighted by Gasteiger charge is -2.47. The minimum atomic E-state index is -1.96. The minimum Gasteiger partial charge on any atom is -0.463 e. The Bertz CT molecular complexity index is 1940. The predicted molar refractivity (Wildman–Crippen MR) is 252 cm³/mol. The summed E-state index contributed by atoms with van der Waals surface area (Å²) in [6.07, 6.45) is -25.5. The molecule has 0 bridgehead atoms. The van der Waals surface area contributed by atoms with Crippen molar-refractivity contribution in [2.24, 2.45) is 0 Å². The molecule has 0 aromatic rings. The first-order valence-electron chi connectivity index (χ1n) is 23.9. The van der Waals surface area contributed by atoms with Gasteiger partial charge in [0, 0.05) is 83.1 Å². The maximum Gasteiger partial charge on any atom is 0.303 e. The number of esters is 12. The quantitative estimate of drug-likeness (QED) is 0.0835. The second kappa shape index (κ2) is 31.8. The molecule has 79 heavy (non-hydrogen) atoms. The Balaban J connectivity index is 0.0000213. The molecule has 15 atom stereocenters. The molecule has 31 nitrogen and oxygen atoms in total. The van der Waals surface area contributed by atoms with E-state index in [1.807, 2.05) is 0 Å². The van der Waals surface area contributed by atoms with Gasteiger partial charge in [-0.15, -0.1) is 0 Å². The number of likely N-dealkylation sites (N-methyl/N-ethyl adjacent to an activating group) is 1. The van der Waals surface area contributed by atoms with Crippen molar-refractivity contribution in [3.63, 3.8) is 0 Å². The Kier molecular flexibility index (Phi) is 27.6. The first-order chi connectivity index (χ1) is 36.4. The summed E-state index contributed by atoms with van der Waals surface area (Å²) < 4.78 is 103. The van der Waals surface area contributed by atoms with Crippen LogP contribution in [0.25, 0.3) is 0 Å². The molecule has 0 amide bonds. The largest absolute Gasteiger partial charge is 0.463 e. The molecule has 15 unspecified atom stereocenters. The fourth-order valence-electron chi connectivity index (χ4n) is 8.04. The van der Waals surface area contributed by atoms with Gasteiger partial charge in [-0.1, -0.05) is 7.43 Å². The van der Waals surface area contributed by atoms with Gasteiger partial charge in [0.05, 0.1) is 25.4 Å². The Hall–Kier alpha value is -6.64. The van der Waals surface area contributed by atoms with Gasteiger partial charge in [0.25, 0.3) is 0 Å². The molecule has 3 fully saturated rings. The van der Waals surface area contributed by atoms with Gasteiger partial charge in [0.2, 0.25) is 0 Å². The molecule has 1 N–H and O–H groups in total. The lowest BCUT2D eigenvalue weighted by molar-refractivity contribution is -0.328. The highest BCUT2D eigenvalue weighted by Gasteiger charge is 2.57. The van der Waals surface area contributed by atoms with Crippen LogP contribution in [-0.4, -0.2) is 216 Å². The van der Waals surface area contributed by atoms with Gasteiger partial charge in [0.1, 0.15) is 38.1 Å². The maximum absolute atomic E-state index is 12.7. The van der Waals surface area contributed by atoms with Crippen LogP contribution in [0.5, 0.6) is 0 Å². The van der Waals surface area contributed by atoms with E-state index in [1.54, 1.807) is 0 Å². The fourth-order valence-corrected chi connectivity index (χ4v) is 8.04. The average Bonchev–Trinajstić information content (AvgIpc) is 3.31. The third-order valence-corrected chi connectivity index (χ3v) is 10.9. The Labute approximate surface area is 453 Å². The van der Waals surface area contributed by atoms with E-state index >= 15 is 0 Å². The van der Waals surface area contributed by atoms with Gasteiger partial charge in [0.15, 0.2) is 73.8 Å². The van der Waals surface area contributed by atoms with Gasteiger partial charge in [-0.3, -0.25) is 57.5 Å². The number of carbonyl (C=O) groups is 12. The highest BCUT2D eigenvalue weighted by atomic mass is 16.8. The van der Waals surface area contributed by atoms with Crippen LogP contribution in [0.4, 0.5) is 0 Å². The van der Waals surface area contributed by atoms with Gasteiger partial charge < -0.3 is 90.6 Å². The summed E-state index contributed by atoms with van der Waals surface area (Å²) in [5.74, 6) is -11.1. The molecule has 448 valence electrons. The summed E-state index contributed by atoms with van der Waals surface area (Å²) in [7, 11) is 1.32. The lowest BCUT2D eigenvalue weighted by atomic mass is 9.97. The third-order valence-electron chi connectivity index (χ3n) is 10.9. The van der Waals surface area contributed by atoms with Crippen molar-refractivity contribution in [3.05, 3.63) is 0 Å². The number of hydrogen-bond donors (Lipinski definition) is 1. The molecule has 0 spiro atoms.